The number of nitrogens with zero attached hydrogens (tertiary/aromatic N) is 1. The summed E-state index contributed by atoms with van der Waals surface area (Å²) < 4.78 is 21.5. The van der Waals surface area contributed by atoms with Crippen LogP contribution in [0, 0.1) is 11.3 Å². The minimum Gasteiger partial charge on any atom is -0.497 e. The maximum Gasteiger partial charge on any atom is 0.354 e. The second-order valence-electron chi connectivity index (χ2n) is 6.83. The molecule has 7 nitrogen and oxygen atoms in total. The Labute approximate surface area is 188 Å². The normalized spacial score (nSPS) is 11.0. The van der Waals surface area contributed by atoms with E-state index in [1.54, 1.807) is 55.6 Å². The average Bonchev–Trinajstić information content (AvgIpc) is 2.85. The number of fused-ring (bicyclic) bond motifs is 1. The number of esters is 1. The van der Waals surface area contributed by atoms with Crippen molar-refractivity contribution in [3.63, 3.8) is 0 Å². The highest BCUT2D eigenvalue weighted by Gasteiger charge is 2.15. The van der Waals surface area contributed by atoms with Gasteiger partial charge in [0.25, 0.3) is 0 Å². The van der Waals surface area contributed by atoms with Crippen LogP contribution in [-0.4, -0.2) is 13.1 Å². The summed E-state index contributed by atoms with van der Waals surface area (Å²) in [6, 6.07) is 21.9. The summed E-state index contributed by atoms with van der Waals surface area (Å²) in [6.07, 6.45) is 2.63. The maximum absolute atomic E-state index is 12.8. The molecule has 33 heavy (non-hydrogen) atoms. The standard InChI is InChI=1S/C26H17NO6/c1-30-19-7-9-20(10-8-19)32-24-16-31-23-14-21(11-12-22(23)25(24)28)33-26(29)18(15-27)13-17-5-3-2-4-6-17/h2-14,16H,1H3/b18-13+. The molecule has 0 saturated carbocycles. The highest BCUT2D eigenvalue weighted by molar-refractivity contribution is 5.99. The van der Waals surface area contributed by atoms with E-state index in [0.29, 0.717) is 17.1 Å². The number of benzene rings is 3. The van der Waals surface area contributed by atoms with Gasteiger partial charge in [-0.05, 0) is 48.0 Å². The van der Waals surface area contributed by atoms with E-state index in [9.17, 15) is 14.9 Å². The molecule has 0 bridgehead atoms. The Morgan fingerprint density at radius 3 is 2.36 bits per heavy atom. The monoisotopic (exact) mass is 439 g/mol. The van der Waals surface area contributed by atoms with Gasteiger partial charge in [0.05, 0.1) is 12.5 Å². The number of ether oxygens (including phenoxy) is 3. The summed E-state index contributed by atoms with van der Waals surface area (Å²) in [5.74, 6) is 0.432. The minimum absolute atomic E-state index is 0.00923. The SMILES string of the molecule is COc1ccc(Oc2coc3cc(OC(=O)/C(C#N)=C/c4ccccc4)ccc3c2=O)cc1. The van der Waals surface area contributed by atoms with Gasteiger partial charge in [0.2, 0.25) is 11.2 Å². The average molecular weight is 439 g/mol. The summed E-state index contributed by atoms with van der Waals surface area (Å²) in [7, 11) is 1.56. The summed E-state index contributed by atoms with van der Waals surface area (Å²) >= 11 is 0. The first kappa shape index (κ1) is 21.4. The highest BCUT2D eigenvalue weighted by Crippen LogP contribution is 2.25. The third-order valence-electron chi connectivity index (χ3n) is 4.66. The van der Waals surface area contributed by atoms with Gasteiger partial charge in [0, 0.05) is 6.07 Å². The number of methoxy groups -OCH3 is 1. The largest absolute Gasteiger partial charge is 0.497 e. The van der Waals surface area contributed by atoms with Crippen molar-refractivity contribution in [3.05, 3.63) is 100 Å². The molecule has 1 heterocycles. The number of carbonyl (C=O) groups excluding carboxylic acids is 1. The van der Waals surface area contributed by atoms with Gasteiger partial charge in [-0.1, -0.05) is 30.3 Å². The van der Waals surface area contributed by atoms with Crippen LogP contribution in [0.1, 0.15) is 5.56 Å². The van der Waals surface area contributed by atoms with E-state index in [2.05, 4.69) is 0 Å². The van der Waals surface area contributed by atoms with Gasteiger partial charge in [-0.3, -0.25) is 4.79 Å². The molecule has 0 spiro atoms. The van der Waals surface area contributed by atoms with Crippen LogP contribution >= 0.6 is 0 Å². The van der Waals surface area contributed by atoms with Crippen LogP contribution in [0.3, 0.4) is 0 Å². The number of carbonyl (C=O) groups is 1. The van der Waals surface area contributed by atoms with Crippen molar-refractivity contribution in [1.82, 2.24) is 0 Å². The Bertz CT molecular complexity index is 1430. The first-order valence-electron chi connectivity index (χ1n) is 9.84. The molecule has 0 fully saturated rings. The Morgan fingerprint density at radius 1 is 0.970 bits per heavy atom. The van der Waals surface area contributed by atoms with Crippen molar-refractivity contribution in [1.29, 1.82) is 5.26 Å². The van der Waals surface area contributed by atoms with Gasteiger partial charge in [0.1, 0.15) is 40.7 Å². The molecule has 0 saturated heterocycles. The predicted molar refractivity (Wildman–Crippen MR) is 121 cm³/mol. The zero-order valence-electron chi connectivity index (χ0n) is 17.5. The maximum atomic E-state index is 12.8. The van der Waals surface area contributed by atoms with E-state index in [0.717, 1.165) is 0 Å². The quantitative estimate of drug-likeness (QED) is 0.178. The second-order valence-corrected chi connectivity index (χ2v) is 6.83. The van der Waals surface area contributed by atoms with Crippen molar-refractivity contribution in [2.24, 2.45) is 0 Å². The molecule has 1 aromatic heterocycles. The Morgan fingerprint density at radius 2 is 1.67 bits per heavy atom. The Kier molecular flexibility index (Phi) is 6.19. The zero-order valence-corrected chi connectivity index (χ0v) is 17.5. The van der Waals surface area contributed by atoms with E-state index in [4.69, 9.17) is 18.6 Å². The number of hydrogen-bond acceptors (Lipinski definition) is 7. The first-order valence-corrected chi connectivity index (χ1v) is 9.84. The number of hydrogen-bond donors (Lipinski definition) is 0. The van der Waals surface area contributed by atoms with Gasteiger partial charge in [-0.15, -0.1) is 0 Å². The Balaban J connectivity index is 1.55. The lowest BCUT2D eigenvalue weighted by molar-refractivity contribution is -0.129. The first-order chi connectivity index (χ1) is 16.1. The van der Waals surface area contributed by atoms with Gasteiger partial charge in [-0.25, -0.2) is 4.79 Å². The van der Waals surface area contributed by atoms with E-state index in [1.165, 1.54) is 30.5 Å². The molecule has 0 aliphatic heterocycles. The zero-order chi connectivity index (χ0) is 23.2. The second kappa shape index (κ2) is 9.54. The van der Waals surface area contributed by atoms with Crippen molar-refractivity contribution in [2.45, 2.75) is 0 Å². The topological polar surface area (TPSA) is 98.8 Å². The van der Waals surface area contributed by atoms with Crippen LogP contribution in [0.2, 0.25) is 0 Å². The highest BCUT2D eigenvalue weighted by atomic mass is 16.5. The summed E-state index contributed by atoms with van der Waals surface area (Å²) in [5.41, 5.74) is 0.357. The molecule has 0 atom stereocenters. The predicted octanol–water partition coefficient (Wildman–Crippen LogP) is 5.11. The lowest BCUT2D eigenvalue weighted by Gasteiger charge is -2.08. The van der Waals surface area contributed by atoms with Crippen LogP contribution in [0.5, 0.6) is 23.0 Å². The molecule has 4 aromatic rings. The van der Waals surface area contributed by atoms with Crippen LogP contribution in [-0.2, 0) is 4.79 Å². The van der Waals surface area contributed by atoms with Gasteiger partial charge in [-0.2, -0.15) is 5.26 Å². The molecular weight excluding hydrogens is 422 g/mol. The smallest absolute Gasteiger partial charge is 0.354 e. The molecule has 7 heteroatoms. The van der Waals surface area contributed by atoms with Gasteiger partial charge in [0.15, 0.2) is 0 Å². The van der Waals surface area contributed by atoms with Gasteiger partial charge < -0.3 is 18.6 Å². The van der Waals surface area contributed by atoms with E-state index in [1.807, 2.05) is 12.1 Å². The molecule has 0 aliphatic rings. The van der Waals surface area contributed by atoms with Crippen LogP contribution < -0.4 is 19.6 Å². The number of rotatable bonds is 6. The number of nitriles is 1. The fraction of sp³-hybridized carbons (Fsp3) is 0.0385. The van der Waals surface area contributed by atoms with Crippen LogP contribution in [0.25, 0.3) is 17.0 Å². The molecule has 0 N–H and O–H groups in total. The molecule has 4 rings (SSSR count). The van der Waals surface area contributed by atoms with Crippen LogP contribution in [0.4, 0.5) is 0 Å². The van der Waals surface area contributed by atoms with E-state index >= 15 is 0 Å². The molecule has 0 aliphatic carbocycles. The van der Waals surface area contributed by atoms with Crippen molar-refractivity contribution >= 4 is 23.0 Å². The van der Waals surface area contributed by atoms with Crippen LogP contribution in [0.15, 0.2) is 93.8 Å². The summed E-state index contributed by atoms with van der Waals surface area (Å²) in [5, 5.41) is 9.58. The minimum atomic E-state index is -0.817. The molecule has 0 amide bonds. The molecule has 3 aromatic carbocycles. The van der Waals surface area contributed by atoms with Crippen molar-refractivity contribution in [3.8, 4) is 29.1 Å². The lowest BCUT2D eigenvalue weighted by atomic mass is 10.1. The van der Waals surface area contributed by atoms with E-state index in [-0.39, 0.29) is 33.5 Å². The molecule has 0 unspecified atom stereocenters. The lowest BCUT2D eigenvalue weighted by Crippen LogP contribution is -2.10. The molecular formula is C26H17NO6. The van der Waals surface area contributed by atoms with E-state index < -0.39 is 5.97 Å². The molecule has 0 radical (unpaired) electrons. The fourth-order valence-corrected chi connectivity index (χ4v) is 3.01. The molecule has 162 valence electrons. The Hall–Kier alpha value is -4.83. The summed E-state index contributed by atoms with van der Waals surface area (Å²) in [4.78, 5) is 25.2. The fourth-order valence-electron chi connectivity index (χ4n) is 3.01. The summed E-state index contributed by atoms with van der Waals surface area (Å²) in [6.45, 7) is 0. The van der Waals surface area contributed by atoms with Crippen molar-refractivity contribution < 1.29 is 23.4 Å². The third-order valence-corrected chi connectivity index (χ3v) is 4.66. The van der Waals surface area contributed by atoms with Crippen molar-refractivity contribution in [2.75, 3.05) is 7.11 Å². The third kappa shape index (κ3) is 4.92. The van der Waals surface area contributed by atoms with Gasteiger partial charge >= 0.3 is 5.97 Å².